The van der Waals surface area contributed by atoms with E-state index >= 15 is 0 Å². The lowest BCUT2D eigenvalue weighted by Gasteiger charge is -2.21. The van der Waals surface area contributed by atoms with Crippen molar-refractivity contribution < 1.29 is 4.39 Å². The standard InChI is InChI=1S/C22H19FN4S/c1-27(13-15-6-2-3-9-17(15)23)21-19-16-8-4-10-18(16)28-22(19)26-20(25-21)14-7-5-11-24-12-14/h2-3,5-7,9,11-12H,4,8,10,13H2,1H3. The highest BCUT2D eigenvalue weighted by atomic mass is 32.1. The third-order valence-electron chi connectivity index (χ3n) is 5.19. The molecule has 4 nitrogen and oxygen atoms in total. The van der Waals surface area contributed by atoms with Crippen LogP contribution in [0.3, 0.4) is 0 Å². The van der Waals surface area contributed by atoms with E-state index < -0.39 is 0 Å². The van der Waals surface area contributed by atoms with Gasteiger partial charge in [0.25, 0.3) is 0 Å². The molecule has 1 aliphatic rings. The van der Waals surface area contributed by atoms with Gasteiger partial charge < -0.3 is 4.90 Å². The van der Waals surface area contributed by atoms with E-state index in [-0.39, 0.29) is 5.82 Å². The fourth-order valence-electron chi connectivity index (χ4n) is 3.83. The molecule has 1 aliphatic carbocycles. The number of fused-ring (bicyclic) bond motifs is 3. The van der Waals surface area contributed by atoms with Crippen LogP contribution in [0.2, 0.25) is 0 Å². The van der Waals surface area contributed by atoms with E-state index in [0.29, 0.717) is 17.9 Å². The molecule has 0 unspecified atom stereocenters. The maximum absolute atomic E-state index is 14.2. The van der Waals surface area contributed by atoms with Gasteiger partial charge in [-0.3, -0.25) is 4.98 Å². The Morgan fingerprint density at radius 1 is 1.11 bits per heavy atom. The molecule has 0 N–H and O–H groups in total. The summed E-state index contributed by atoms with van der Waals surface area (Å²) in [5.41, 5.74) is 2.91. The summed E-state index contributed by atoms with van der Waals surface area (Å²) in [4.78, 5) is 18.4. The Morgan fingerprint density at radius 3 is 2.82 bits per heavy atom. The molecule has 1 aromatic carbocycles. The predicted molar refractivity (Wildman–Crippen MR) is 111 cm³/mol. The maximum Gasteiger partial charge on any atom is 0.164 e. The molecular formula is C22H19FN4S. The second-order valence-electron chi connectivity index (χ2n) is 7.10. The number of aryl methyl sites for hydroxylation is 2. The molecule has 0 saturated carbocycles. The maximum atomic E-state index is 14.2. The van der Waals surface area contributed by atoms with Crippen molar-refractivity contribution in [3.8, 4) is 11.4 Å². The second kappa shape index (κ2) is 6.95. The molecule has 6 heteroatoms. The van der Waals surface area contributed by atoms with Gasteiger partial charge in [0.1, 0.15) is 16.5 Å². The lowest BCUT2D eigenvalue weighted by Crippen LogP contribution is -2.19. The van der Waals surface area contributed by atoms with Gasteiger partial charge in [0.05, 0.1) is 5.39 Å². The van der Waals surface area contributed by atoms with Crippen LogP contribution in [0, 0.1) is 5.82 Å². The van der Waals surface area contributed by atoms with Crippen molar-refractivity contribution in [2.45, 2.75) is 25.8 Å². The Hall–Kier alpha value is -2.86. The smallest absolute Gasteiger partial charge is 0.164 e. The van der Waals surface area contributed by atoms with Crippen LogP contribution in [-0.2, 0) is 19.4 Å². The molecule has 4 aromatic rings. The van der Waals surface area contributed by atoms with Crippen molar-refractivity contribution in [2.75, 3.05) is 11.9 Å². The number of nitrogens with zero attached hydrogens (tertiary/aromatic N) is 4. The van der Waals surface area contributed by atoms with Gasteiger partial charge in [-0.25, -0.2) is 14.4 Å². The first-order chi connectivity index (χ1) is 13.7. The van der Waals surface area contributed by atoms with Crippen molar-refractivity contribution in [1.29, 1.82) is 0 Å². The number of anilines is 1. The number of thiophene rings is 1. The summed E-state index contributed by atoms with van der Waals surface area (Å²) < 4.78 is 14.2. The summed E-state index contributed by atoms with van der Waals surface area (Å²) in [6.07, 6.45) is 6.87. The Labute approximate surface area is 166 Å². The van der Waals surface area contributed by atoms with Crippen LogP contribution >= 0.6 is 11.3 Å². The van der Waals surface area contributed by atoms with Gasteiger partial charge in [-0.15, -0.1) is 11.3 Å². The molecule has 140 valence electrons. The highest BCUT2D eigenvalue weighted by Gasteiger charge is 2.24. The fourth-order valence-corrected chi connectivity index (χ4v) is 5.09. The van der Waals surface area contributed by atoms with Crippen LogP contribution < -0.4 is 4.90 Å². The van der Waals surface area contributed by atoms with Crippen LogP contribution in [0.1, 0.15) is 22.4 Å². The number of halogens is 1. The Kier molecular flexibility index (Phi) is 4.28. The molecule has 0 fully saturated rings. The normalized spacial score (nSPS) is 13.1. The zero-order valence-corrected chi connectivity index (χ0v) is 16.3. The molecular weight excluding hydrogens is 371 g/mol. The fraction of sp³-hybridized carbons (Fsp3) is 0.227. The lowest BCUT2D eigenvalue weighted by atomic mass is 10.1. The van der Waals surface area contributed by atoms with Gasteiger partial charge in [-0.2, -0.15) is 0 Å². The summed E-state index contributed by atoms with van der Waals surface area (Å²) in [5, 5.41) is 1.13. The molecule has 0 spiro atoms. The number of hydrogen-bond acceptors (Lipinski definition) is 5. The van der Waals surface area contributed by atoms with E-state index in [0.717, 1.165) is 34.4 Å². The van der Waals surface area contributed by atoms with Gasteiger partial charge in [0.2, 0.25) is 0 Å². The second-order valence-corrected chi connectivity index (χ2v) is 8.18. The first-order valence-corrected chi connectivity index (χ1v) is 10.2. The SMILES string of the molecule is CN(Cc1ccccc1F)c1nc(-c2cccnc2)nc2sc3c(c12)CCC3. The summed E-state index contributed by atoms with van der Waals surface area (Å²) >= 11 is 1.76. The van der Waals surface area contributed by atoms with E-state index in [9.17, 15) is 4.39 Å². The van der Waals surface area contributed by atoms with Crippen molar-refractivity contribution in [2.24, 2.45) is 0 Å². The lowest BCUT2D eigenvalue weighted by molar-refractivity contribution is 0.607. The summed E-state index contributed by atoms with van der Waals surface area (Å²) in [6.45, 7) is 0.454. The Balaban J connectivity index is 1.66. The van der Waals surface area contributed by atoms with Gasteiger partial charge in [-0.05, 0) is 43.0 Å². The third kappa shape index (κ3) is 2.94. The Bertz CT molecular complexity index is 1160. The average Bonchev–Trinajstić information content (AvgIpc) is 3.30. The van der Waals surface area contributed by atoms with E-state index in [4.69, 9.17) is 9.97 Å². The molecule has 0 bridgehead atoms. The molecule has 0 atom stereocenters. The predicted octanol–water partition coefficient (Wildman–Crippen LogP) is 5.02. The van der Waals surface area contributed by atoms with Crippen molar-refractivity contribution in [3.05, 3.63) is 70.6 Å². The molecule has 3 aromatic heterocycles. The molecule has 0 radical (unpaired) electrons. The zero-order valence-electron chi connectivity index (χ0n) is 15.5. The number of rotatable bonds is 4. The van der Waals surface area contributed by atoms with Crippen molar-refractivity contribution in [1.82, 2.24) is 15.0 Å². The monoisotopic (exact) mass is 390 g/mol. The summed E-state index contributed by atoms with van der Waals surface area (Å²) in [7, 11) is 1.97. The van der Waals surface area contributed by atoms with Crippen LogP contribution in [0.4, 0.5) is 10.2 Å². The van der Waals surface area contributed by atoms with Gasteiger partial charge in [0.15, 0.2) is 5.82 Å². The van der Waals surface area contributed by atoms with Crippen molar-refractivity contribution >= 4 is 27.4 Å². The van der Waals surface area contributed by atoms with Gasteiger partial charge >= 0.3 is 0 Å². The average molecular weight is 390 g/mol. The summed E-state index contributed by atoms with van der Waals surface area (Å²) in [6, 6.07) is 10.8. The minimum Gasteiger partial charge on any atom is -0.355 e. The molecule has 0 aliphatic heterocycles. The third-order valence-corrected chi connectivity index (χ3v) is 6.38. The Morgan fingerprint density at radius 2 is 2.00 bits per heavy atom. The van der Waals surface area contributed by atoms with Crippen LogP contribution in [0.15, 0.2) is 48.8 Å². The van der Waals surface area contributed by atoms with Crippen molar-refractivity contribution in [3.63, 3.8) is 0 Å². The highest BCUT2D eigenvalue weighted by molar-refractivity contribution is 7.19. The molecule has 0 amide bonds. The van der Waals surface area contributed by atoms with E-state index in [1.54, 1.807) is 29.8 Å². The molecule has 5 rings (SSSR count). The largest absolute Gasteiger partial charge is 0.355 e. The van der Waals surface area contributed by atoms with Crippen LogP contribution in [0.25, 0.3) is 21.6 Å². The van der Waals surface area contributed by atoms with Gasteiger partial charge in [-0.1, -0.05) is 18.2 Å². The van der Waals surface area contributed by atoms with Crippen LogP contribution in [-0.4, -0.2) is 22.0 Å². The van der Waals surface area contributed by atoms with E-state index in [2.05, 4.69) is 4.98 Å². The minimum atomic E-state index is -0.192. The summed E-state index contributed by atoms with van der Waals surface area (Å²) in [5.74, 6) is 1.34. The topological polar surface area (TPSA) is 41.9 Å². The number of aromatic nitrogens is 3. The molecule has 3 heterocycles. The molecule has 28 heavy (non-hydrogen) atoms. The first-order valence-electron chi connectivity index (χ1n) is 9.38. The zero-order chi connectivity index (χ0) is 19.1. The number of pyridine rings is 1. The number of hydrogen-bond donors (Lipinski definition) is 0. The van der Waals surface area contributed by atoms with Gasteiger partial charge in [0, 0.05) is 42.0 Å². The van der Waals surface area contributed by atoms with E-state index in [1.165, 1.54) is 22.9 Å². The minimum absolute atomic E-state index is 0.192. The first kappa shape index (κ1) is 17.3. The molecule has 0 saturated heterocycles. The van der Waals surface area contributed by atoms with Crippen LogP contribution in [0.5, 0.6) is 0 Å². The van der Waals surface area contributed by atoms with E-state index in [1.807, 2.05) is 36.2 Å². The quantitative estimate of drug-likeness (QED) is 0.491. The number of benzene rings is 1. The highest BCUT2D eigenvalue weighted by Crippen LogP contribution is 2.41.